The van der Waals surface area contributed by atoms with Crippen LogP contribution in [0, 0.1) is 5.41 Å². The summed E-state index contributed by atoms with van der Waals surface area (Å²) in [4.78, 5) is 46.9. The predicted octanol–water partition coefficient (Wildman–Crippen LogP) is 4.85. The van der Waals surface area contributed by atoms with Crippen LogP contribution in [0.5, 0.6) is 0 Å². The van der Waals surface area contributed by atoms with Crippen LogP contribution in [0.15, 0.2) is 54.0 Å². The highest BCUT2D eigenvalue weighted by Crippen LogP contribution is 2.47. The number of rotatable bonds is 5. The van der Waals surface area contributed by atoms with Crippen molar-refractivity contribution in [3.63, 3.8) is 0 Å². The fraction of sp³-hybridized carbons (Fsp3) is 0.379. The Hall–Kier alpha value is -3.52. The number of hydrogen-bond donors (Lipinski definition) is 2. The third-order valence-electron chi connectivity index (χ3n) is 8.55. The largest absolute Gasteiger partial charge is 0.325 e. The maximum atomic E-state index is 13.5. The third-order valence-corrected chi connectivity index (χ3v) is 9.53. The number of piperidine rings is 1. The first-order valence-corrected chi connectivity index (χ1v) is 13.7. The maximum absolute atomic E-state index is 13.5. The standard InChI is InChI=1S/C29H30N4O3S/c1-3-28(2)11-10-22(23-7-5-13-37-23)33(27(28)36)17-24(34)31-20-9-8-18-15-29(16-19(18)14-20)21-6-4-12-30-25(21)32-26(29)35/h4-9,12-14,22H,3,10-11,15-17H2,1-2H3,(H,31,34)(H,30,32,35). The highest BCUT2D eigenvalue weighted by molar-refractivity contribution is 7.10. The zero-order valence-electron chi connectivity index (χ0n) is 21.0. The van der Waals surface area contributed by atoms with Gasteiger partial charge in [-0.1, -0.05) is 32.0 Å². The Morgan fingerprint density at radius 3 is 2.81 bits per heavy atom. The molecular weight excluding hydrogens is 484 g/mol. The zero-order valence-corrected chi connectivity index (χ0v) is 21.9. The summed E-state index contributed by atoms with van der Waals surface area (Å²) in [5.41, 5.74) is 2.68. The molecule has 37 heavy (non-hydrogen) atoms. The number of carbonyl (C=O) groups is 3. The van der Waals surface area contributed by atoms with Crippen molar-refractivity contribution in [3.8, 4) is 0 Å². The van der Waals surface area contributed by atoms with E-state index in [0.29, 0.717) is 24.3 Å². The highest BCUT2D eigenvalue weighted by atomic mass is 32.1. The Bertz CT molecular complexity index is 1400. The molecule has 1 spiro atoms. The van der Waals surface area contributed by atoms with Crippen LogP contribution in [0.25, 0.3) is 0 Å². The Balaban J connectivity index is 1.20. The van der Waals surface area contributed by atoms with Crippen LogP contribution in [0.1, 0.15) is 60.7 Å². The van der Waals surface area contributed by atoms with Crippen molar-refractivity contribution in [2.75, 3.05) is 17.2 Å². The second-order valence-electron chi connectivity index (χ2n) is 10.7. The Morgan fingerprint density at radius 1 is 1.19 bits per heavy atom. The van der Waals surface area contributed by atoms with Gasteiger partial charge in [0.25, 0.3) is 0 Å². The molecule has 8 heteroatoms. The second kappa shape index (κ2) is 8.80. The van der Waals surface area contributed by atoms with Gasteiger partial charge >= 0.3 is 0 Å². The molecule has 1 aliphatic carbocycles. The summed E-state index contributed by atoms with van der Waals surface area (Å²) in [6, 6.07) is 13.6. The number of anilines is 2. The molecule has 1 aromatic carbocycles. The quantitative estimate of drug-likeness (QED) is 0.509. The molecule has 190 valence electrons. The fourth-order valence-electron chi connectivity index (χ4n) is 6.19. The lowest BCUT2D eigenvalue weighted by molar-refractivity contribution is -0.151. The van der Waals surface area contributed by atoms with Crippen LogP contribution in [0.4, 0.5) is 11.5 Å². The van der Waals surface area contributed by atoms with E-state index in [1.165, 1.54) is 0 Å². The smallest absolute Gasteiger partial charge is 0.244 e. The summed E-state index contributed by atoms with van der Waals surface area (Å²) in [6.45, 7) is 4.06. The molecule has 4 heterocycles. The predicted molar refractivity (Wildman–Crippen MR) is 143 cm³/mol. The first-order chi connectivity index (χ1) is 17.8. The van der Waals surface area contributed by atoms with E-state index in [1.54, 1.807) is 22.4 Å². The molecule has 7 nitrogen and oxygen atoms in total. The number of fused-ring (bicyclic) bond motifs is 3. The fourth-order valence-corrected chi connectivity index (χ4v) is 7.07. The molecular formula is C29H30N4O3S. The van der Waals surface area contributed by atoms with Crippen LogP contribution in [-0.4, -0.2) is 34.2 Å². The van der Waals surface area contributed by atoms with E-state index in [1.807, 2.05) is 61.7 Å². The topological polar surface area (TPSA) is 91.4 Å². The van der Waals surface area contributed by atoms with E-state index in [4.69, 9.17) is 0 Å². The molecule has 2 aliphatic heterocycles. The molecule has 3 unspecified atom stereocenters. The number of likely N-dealkylation sites (tertiary alicyclic amines) is 1. The summed E-state index contributed by atoms with van der Waals surface area (Å²) in [7, 11) is 0. The third kappa shape index (κ3) is 3.85. The monoisotopic (exact) mass is 514 g/mol. The summed E-state index contributed by atoms with van der Waals surface area (Å²) in [5, 5.41) is 7.97. The SMILES string of the molecule is CCC1(C)CCC(c2cccs2)N(CC(=O)Nc2ccc3c(c2)CC2(C3)C(=O)Nc3ncccc32)C1=O. The molecule has 0 saturated carbocycles. The molecule has 1 fully saturated rings. The van der Waals surface area contributed by atoms with E-state index in [9.17, 15) is 14.4 Å². The molecule has 2 aromatic heterocycles. The Kier molecular flexibility index (Phi) is 5.67. The van der Waals surface area contributed by atoms with Crippen molar-refractivity contribution >= 4 is 40.6 Å². The normalized spacial score (nSPS) is 26.2. The number of amides is 3. The van der Waals surface area contributed by atoms with Gasteiger partial charge in [0.1, 0.15) is 12.4 Å². The Labute approximate surface area is 220 Å². The average molecular weight is 515 g/mol. The first kappa shape index (κ1) is 23.9. The Morgan fingerprint density at radius 2 is 2.03 bits per heavy atom. The maximum Gasteiger partial charge on any atom is 0.244 e. The lowest BCUT2D eigenvalue weighted by atomic mass is 9.76. The number of thiophene rings is 1. The number of nitrogens with zero attached hydrogens (tertiary/aromatic N) is 2. The molecule has 0 radical (unpaired) electrons. The summed E-state index contributed by atoms with van der Waals surface area (Å²) < 4.78 is 0. The zero-order chi connectivity index (χ0) is 25.8. The van der Waals surface area contributed by atoms with Crippen molar-refractivity contribution in [1.29, 1.82) is 0 Å². The number of aromatic nitrogens is 1. The van der Waals surface area contributed by atoms with Crippen LogP contribution < -0.4 is 10.6 Å². The van der Waals surface area contributed by atoms with E-state index in [-0.39, 0.29) is 30.3 Å². The number of pyridine rings is 1. The van der Waals surface area contributed by atoms with E-state index >= 15 is 0 Å². The minimum atomic E-state index is -0.646. The van der Waals surface area contributed by atoms with Gasteiger partial charge in [0.2, 0.25) is 17.7 Å². The van der Waals surface area contributed by atoms with Crippen molar-refractivity contribution in [2.24, 2.45) is 5.41 Å². The lowest BCUT2D eigenvalue weighted by Gasteiger charge is -2.43. The average Bonchev–Trinajstić information content (AvgIpc) is 3.61. The molecule has 1 saturated heterocycles. The number of carbonyl (C=O) groups excluding carboxylic acids is 3. The van der Waals surface area contributed by atoms with Gasteiger partial charge in [0.15, 0.2) is 0 Å². The first-order valence-electron chi connectivity index (χ1n) is 12.9. The second-order valence-corrected chi connectivity index (χ2v) is 11.7. The van der Waals surface area contributed by atoms with E-state index < -0.39 is 10.8 Å². The highest BCUT2D eigenvalue weighted by Gasteiger charge is 2.51. The van der Waals surface area contributed by atoms with Crippen LogP contribution in [-0.2, 0) is 32.6 Å². The van der Waals surface area contributed by atoms with Gasteiger partial charge in [-0.2, -0.15) is 0 Å². The van der Waals surface area contributed by atoms with Gasteiger partial charge in [0, 0.05) is 27.7 Å². The van der Waals surface area contributed by atoms with Crippen LogP contribution >= 0.6 is 11.3 Å². The molecule has 3 aliphatic rings. The number of benzene rings is 1. The molecule has 2 N–H and O–H groups in total. The summed E-state index contributed by atoms with van der Waals surface area (Å²) >= 11 is 1.63. The lowest BCUT2D eigenvalue weighted by Crippen LogP contribution is -2.51. The summed E-state index contributed by atoms with van der Waals surface area (Å²) in [5.74, 6) is 0.450. The summed E-state index contributed by atoms with van der Waals surface area (Å²) in [6.07, 6.45) is 5.29. The molecule has 3 amide bonds. The minimum Gasteiger partial charge on any atom is -0.325 e. The van der Waals surface area contributed by atoms with Gasteiger partial charge in [-0.3, -0.25) is 14.4 Å². The van der Waals surface area contributed by atoms with Crippen LogP contribution in [0.2, 0.25) is 0 Å². The van der Waals surface area contributed by atoms with Gasteiger partial charge in [-0.15, -0.1) is 11.3 Å². The molecule has 6 rings (SSSR count). The van der Waals surface area contributed by atoms with Crippen molar-refractivity contribution in [1.82, 2.24) is 9.88 Å². The van der Waals surface area contributed by atoms with Crippen LogP contribution in [0.3, 0.4) is 0 Å². The molecule has 0 bridgehead atoms. The number of nitrogens with one attached hydrogen (secondary N) is 2. The van der Waals surface area contributed by atoms with Crippen molar-refractivity contribution in [2.45, 2.75) is 57.4 Å². The number of hydrogen-bond acceptors (Lipinski definition) is 5. The van der Waals surface area contributed by atoms with E-state index in [0.717, 1.165) is 40.8 Å². The van der Waals surface area contributed by atoms with Gasteiger partial charge in [-0.25, -0.2) is 4.98 Å². The van der Waals surface area contributed by atoms with Crippen molar-refractivity contribution in [3.05, 3.63) is 75.6 Å². The molecule has 3 aromatic rings. The molecule has 3 atom stereocenters. The van der Waals surface area contributed by atoms with Gasteiger partial charge in [-0.05, 0) is 72.9 Å². The van der Waals surface area contributed by atoms with Gasteiger partial charge in [0.05, 0.1) is 11.5 Å². The van der Waals surface area contributed by atoms with Crippen molar-refractivity contribution < 1.29 is 14.4 Å². The van der Waals surface area contributed by atoms with Gasteiger partial charge < -0.3 is 15.5 Å². The van der Waals surface area contributed by atoms with E-state index in [2.05, 4.69) is 15.6 Å². The minimum absolute atomic E-state index is 0.0134.